The molecule has 1 unspecified atom stereocenters. The normalized spacial score (nSPS) is 25.0. The van der Waals surface area contributed by atoms with Crippen LogP contribution in [0.3, 0.4) is 0 Å². The SMILES string of the molecule is CCNC(=NCc1noc(C)n1)N1CCCC2(CNC(=O)C2)C1. The summed E-state index contributed by atoms with van der Waals surface area (Å²) in [6.07, 6.45) is 2.78. The van der Waals surface area contributed by atoms with E-state index in [4.69, 9.17) is 4.52 Å². The molecular formula is C15H24N6O2. The number of aromatic nitrogens is 2. The van der Waals surface area contributed by atoms with E-state index in [2.05, 4.69) is 30.7 Å². The molecule has 2 aliphatic heterocycles. The van der Waals surface area contributed by atoms with Crippen molar-refractivity contribution in [1.29, 1.82) is 0 Å². The van der Waals surface area contributed by atoms with Gasteiger partial charge < -0.3 is 20.1 Å². The van der Waals surface area contributed by atoms with Crippen LogP contribution in [0, 0.1) is 12.3 Å². The van der Waals surface area contributed by atoms with Gasteiger partial charge in [-0.15, -0.1) is 0 Å². The van der Waals surface area contributed by atoms with Crippen LogP contribution in [0.2, 0.25) is 0 Å². The molecule has 2 saturated heterocycles. The number of nitrogens with one attached hydrogen (secondary N) is 2. The number of hydrogen-bond acceptors (Lipinski definition) is 5. The van der Waals surface area contributed by atoms with Gasteiger partial charge in [0.05, 0.1) is 0 Å². The van der Waals surface area contributed by atoms with Gasteiger partial charge in [-0.05, 0) is 19.8 Å². The number of carbonyl (C=O) groups is 1. The van der Waals surface area contributed by atoms with Crippen molar-refractivity contribution in [3.8, 4) is 0 Å². The highest BCUT2D eigenvalue weighted by atomic mass is 16.5. The van der Waals surface area contributed by atoms with Gasteiger partial charge in [0, 0.05) is 44.9 Å². The summed E-state index contributed by atoms with van der Waals surface area (Å²) in [7, 11) is 0. The number of rotatable bonds is 3. The van der Waals surface area contributed by atoms with Crippen molar-refractivity contribution in [2.24, 2.45) is 10.4 Å². The summed E-state index contributed by atoms with van der Waals surface area (Å²) in [4.78, 5) is 22.7. The van der Waals surface area contributed by atoms with E-state index in [1.165, 1.54) is 0 Å². The molecule has 23 heavy (non-hydrogen) atoms. The van der Waals surface area contributed by atoms with Gasteiger partial charge in [0.15, 0.2) is 11.8 Å². The lowest BCUT2D eigenvalue weighted by Gasteiger charge is -2.40. The summed E-state index contributed by atoms with van der Waals surface area (Å²) in [6, 6.07) is 0. The Kier molecular flexibility index (Phi) is 4.49. The maximum absolute atomic E-state index is 11.6. The van der Waals surface area contributed by atoms with Gasteiger partial charge in [-0.1, -0.05) is 5.16 Å². The van der Waals surface area contributed by atoms with Crippen LogP contribution in [-0.2, 0) is 11.3 Å². The van der Waals surface area contributed by atoms with Gasteiger partial charge in [0.2, 0.25) is 11.8 Å². The van der Waals surface area contributed by atoms with Gasteiger partial charge in [-0.25, -0.2) is 4.99 Å². The highest BCUT2D eigenvalue weighted by Gasteiger charge is 2.42. The first-order chi connectivity index (χ1) is 11.1. The Morgan fingerprint density at radius 1 is 1.57 bits per heavy atom. The molecule has 0 aliphatic carbocycles. The van der Waals surface area contributed by atoms with E-state index in [-0.39, 0.29) is 11.3 Å². The average Bonchev–Trinajstić information content (AvgIpc) is 3.10. The molecular weight excluding hydrogens is 296 g/mol. The molecule has 8 heteroatoms. The Hall–Kier alpha value is -2.12. The quantitative estimate of drug-likeness (QED) is 0.620. The zero-order chi connectivity index (χ0) is 16.3. The maximum Gasteiger partial charge on any atom is 0.223 e. The van der Waals surface area contributed by atoms with E-state index in [0.29, 0.717) is 24.7 Å². The van der Waals surface area contributed by atoms with Crippen LogP contribution < -0.4 is 10.6 Å². The van der Waals surface area contributed by atoms with Crippen LogP contribution in [0.25, 0.3) is 0 Å². The second kappa shape index (κ2) is 6.55. The number of aliphatic imine (C=N–C) groups is 1. The molecule has 1 aromatic rings. The van der Waals surface area contributed by atoms with Gasteiger partial charge >= 0.3 is 0 Å². The molecule has 3 heterocycles. The zero-order valence-electron chi connectivity index (χ0n) is 13.8. The Morgan fingerprint density at radius 2 is 2.43 bits per heavy atom. The van der Waals surface area contributed by atoms with Crippen molar-refractivity contribution in [3.05, 3.63) is 11.7 Å². The fraction of sp³-hybridized carbons (Fsp3) is 0.733. The minimum Gasteiger partial charge on any atom is -0.357 e. The summed E-state index contributed by atoms with van der Waals surface area (Å²) >= 11 is 0. The third-order valence-corrected chi connectivity index (χ3v) is 4.43. The molecule has 0 bridgehead atoms. The molecule has 0 aromatic carbocycles. The van der Waals surface area contributed by atoms with Crippen molar-refractivity contribution in [1.82, 2.24) is 25.7 Å². The lowest BCUT2D eigenvalue weighted by molar-refractivity contribution is -0.119. The smallest absolute Gasteiger partial charge is 0.223 e. The molecule has 8 nitrogen and oxygen atoms in total. The van der Waals surface area contributed by atoms with Gasteiger partial charge in [-0.3, -0.25) is 4.79 Å². The van der Waals surface area contributed by atoms with E-state index in [9.17, 15) is 4.79 Å². The largest absolute Gasteiger partial charge is 0.357 e. The molecule has 1 aromatic heterocycles. The summed E-state index contributed by atoms with van der Waals surface area (Å²) in [5.41, 5.74) is 0.0499. The molecule has 2 aliphatic rings. The van der Waals surface area contributed by atoms with Crippen molar-refractivity contribution >= 4 is 11.9 Å². The number of guanidine groups is 1. The van der Waals surface area contributed by atoms with Gasteiger partial charge in [-0.2, -0.15) is 4.98 Å². The minimum absolute atomic E-state index is 0.0499. The van der Waals surface area contributed by atoms with Gasteiger partial charge in [0.25, 0.3) is 0 Å². The summed E-state index contributed by atoms with van der Waals surface area (Å²) in [6.45, 7) is 7.57. The Morgan fingerprint density at radius 3 is 3.09 bits per heavy atom. The molecule has 3 rings (SSSR count). The standard InChI is InChI=1S/C15H24N6O2/c1-3-16-14(17-8-12-19-11(2)23-20-12)21-6-4-5-15(10-21)7-13(22)18-9-15/h3-10H2,1-2H3,(H,16,17)(H,18,22). The second-order valence-corrected chi connectivity index (χ2v) is 6.38. The van der Waals surface area contributed by atoms with E-state index >= 15 is 0 Å². The highest BCUT2D eigenvalue weighted by Crippen LogP contribution is 2.35. The molecule has 1 spiro atoms. The number of carbonyl (C=O) groups excluding carboxylic acids is 1. The topological polar surface area (TPSA) is 95.7 Å². The van der Waals surface area contributed by atoms with Crippen LogP contribution >= 0.6 is 0 Å². The minimum atomic E-state index is 0.0499. The van der Waals surface area contributed by atoms with Crippen LogP contribution in [0.5, 0.6) is 0 Å². The molecule has 1 amide bonds. The lowest BCUT2D eigenvalue weighted by Crippen LogP contribution is -2.51. The molecule has 2 N–H and O–H groups in total. The van der Waals surface area contributed by atoms with E-state index < -0.39 is 0 Å². The molecule has 2 fully saturated rings. The number of hydrogen-bond donors (Lipinski definition) is 2. The fourth-order valence-corrected chi connectivity index (χ4v) is 3.41. The maximum atomic E-state index is 11.6. The van der Waals surface area contributed by atoms with E-state index in [0.717, 1.165) is 45.0 Å². The zero-order valence-corrected chi connectivity index (χ0v) is 13.8. The van der Waals surface area contributed by atoms with Crippen molar-refractivity contribution in [2.45, 2.75) is 39.7 Å². The number of amides is 1. The Bertz CT molecular complexity index is 599. The first-order valence-corrected chi connectivity index (χ1v) is 8.19. The first-order valence-electron chi connectivity index (χ1n) is 8.19. The first kappa shape index (κ1) is 15.8. The van der Waals surface area contributed by atoms with Crippen LogP contribution in [0.1, 0.15) is 37.9 Å². The van der Waals surface area contributed by atoms with Gasteiger partial charge in [0.1, 0.15) is 6.54 Å². The molecule has 0 saturated carbocycles. The van der Waals surface area contributed by atoms with E-state index in [1.807, 2.05) is 6.92 Å². The number of piperidine rings is 1. The lowest BCUT2D eigenvalue weighted by atomic mass is 9.79. The summed E-state index contributed by atoms with van der Waals surface area (Å²) in [5.74, 6) is 2.15. The van der Waals surface area contributed by atoms with Crippen LogP contribution in [0.15, 0.2) is 9.52 Å². The third-order valence-electron chi connectivity index (χ3n) is 4.43. The second-order valence-electron chi connectivity index (χ2n) is 6.38. The number of likely N-dealkylation sites (tertiary alicyclic amines) is 1. The summed E-state index contributed by atoms with van der Waals surface area (Å²) in [5, 5.41) is 10.2. The van der Waals surface area contributed by atoms with Crippen molar-refractivity contribution < 1.29 is 9.32 Å². The molecule has 0 radical (unpaired) electrons. The predicted molar refractivity (Wildman–Crippen MR) is 84.7 cm³/mol. The third kappa shape index (κ3) is 3.62. The molecule has 126 valence electrons. The Labute approximate surface area is 135 Å². The number of aryl methyl sites for hydroxylation is 1. The Balaban J connectivity index is 1.70. The summed E-state index contributed by atoms with van der Waals surface area (Å²) < 4.78 is 4.98. The van der Waals surface area contributed by atoms with E-state index in [1.54, 1.807) is 6.92 Å². The van der Waals surface area contributed by atoms with Crippen LogP contribution in [0.4, 0.5) is 0 Å². The fourth-order valence-electron chi connectivity index (χ4n) is 3.41. The van der Waals surface area contributed by atoms with Crippen LogP contribution in [-0.4, -0.2) is 53.1 Å². The monoisotopic (exact) mass is 320 g/mol. The number of nitrogens with zero attached hydrogens (tertiary/aromatic N) is 4. The van der Waals surface area contributed by atoms with Crippen molar-refractivity contribution in [3.63, 3.8) is 0 Å². The highest BCUT2D eigenvalue weighted by molar-refractivity contribution is 5.81. The molecule has 1 atom stereocenters. The predicted octanol–water partition coefficient (Wildman–Crippen LogP) is 0.446. The average molecular weight is 320 g/mol. The van der Waals surface area contributed by atoms with Crippen molar-refractivity contribution in [2.75, 3.05) is 26.2 Å².